The number of fused-ring (bicyclic) bond motifs is 1. The van der Waals surface area contributed by atoms with E-state index in [9.17, 15) is 4.79 Å². The molecule has 0 bridgehead atoms. The quantitative estimate of drug-likeness (QED) is 0.912. The number of likely N-dealkylation sites (N-methyl/N-ethyl adjacent to an activating group) is 1. The Labute approximate surface area is 113 Å². The number of amides is 1. The van der Waals surface area contributed by atoms with Gasteiger partial charge in [-0.2, -0.15) is 0 Å². The number of carbonyl (C=O) groups excluding carboxylic acids is 1. The second kappa shape index (κ2) is 5.41. The third-order valence-corrected chi connectivity index (χ3v) is 5.09. The van der Waals surface area contributed by atoms with E-state index < -0.39 is 0 Å². The lowest BCUT2D eigenvalue weighted by Gasteiger charge is -2.22. The molecule has 0 spiro atoms. The van der Waals surface area contributed by atoms with Crippen molar-refractivity contribution < 1.29 is 4.79 Å². The Bertz CT molecular complexity index is 441. The molecule has 2 rings (SSSR count). The van der Waals surface area contributed by atoms with Crippen LogP contribution in [0.3, 0.4) is 0 Å². The average molecular weight is 266 g/mol. The average Bonchev–Trinajstić information content (AvgIpc) is 2.78. The van der Waals surface area contributed by atoms with Gasteiger partial charge in [-0.05, 0) is 43.7 Å². The van der Waals surface area contributed by atoms with Gasteiger partial charge in [0.15, 0.2) is 0 Å². The zero-order chi connectivity index (χ0) is 13.3. The standard InChI is InChI=1S/C14H22N2OS/c1-9-4-5-12-11(6-9)7-13(18-12)14(17)16(3)10(2)8-15/h7,9-10H,4-6,8,15H2,1-3H3. The number of rotatable bonds is 3. The maximum atomic E-state index is 12.3. The van der Waals surface area contributed by atoms with Gasteiger partial charge < -0.3 is 10.6 Å². The van der Waals surface area contributed by atoms with Gasteiger partial charge in [0.1, 0.15) is 0 Å². The smallest absolute Gasteiger partial charge is 0.263 e. The van der Waals surface area contributed by atoms with Crippen LogP contribution in [-0.4, -0.2) is 30.4 Å². The Morgan fingerprint density at radius 1 is 1.67 bits per heavy atom. The molecule has 2 N–H and O–H groups in total. The Kier molecular flexibility index (Phi) is 4.07. The number of nitrogens with two attached hydrogens (primary N) is 1. The van der Waals surface area contributed by atoms with Crippen LogP contribution in [0, 0.1) is 5.92 Å². The summed E-state index contributed by atoms with van der Waals surface area (Å²) in [6, 6.07) is 2.19. The fourth-order valence-electron chi connectivity index (χ4n) is 2.34. The van der Waals surface area contributed by atoms with Crippen LogP contribution in [0.15, 0.2) is 6.07 Å². The second-order valence-electron chi connectivity index (χ2n) is 5.41. The third-order valence-electron chi connectivity index (χ3n) is 3.86. The molecule has 0 fully saturated rings. The van der Waals surface area contributed by atoms with E-state index in [1.165, 1.54) is 16.9 Å². The Morgan fingerprint density at radius 2 is 2.39 bits per heavy atom. The van der Waals surface area contributed by atoms with E-state index in [1.807, 2.05) is 14.0 Å². The molecule has 1 amide bonds. The van der Waals surface area contributed by atoms with Crippen molar-refractivity contribution in [1.29, 1.82) is 0 Å². The van der Waals surface area contributed by atoms with Crippen molar-refractivity contribution in [3.63, 3.8) is 0 Å². The third kappa shape index (κ3) is 2.59. The lowest BCUT2D eigenvalue weighted by molar-refractivity contribution is 0.0753. The predicted molar refractivity (Wildman–Crippen MR) is 76.1 cm³/mol. The van der Waals surface area contributed by atoms with Gasteiger partial charge in [0.05, 0.1) is 4.88 Å². The van der Waals surface area contributed by atoms with Crippen LogP contribution in [0.4, 0.5) is 0 Å². The first kappa shape index (κ1) is 13.6. The SMILES string of the molecule is CC1CCc2sc(C(=O)N(C)C(C)CN)cc2C1. The molecule has 1 aliphatic carbocycles. The molecular weight excluding hydrogens is 244 g/mol. The molecular formula is C14H22N2OS. The first-order valence-corrected chi connectivity index (χ1v) is 7.43. The molecule has 0 radical (unpaired) electrons. The lowest BCUT2D eigenvalue weighted by atomic mass is 9.90. The fraction of sp³-hybridized carbons (Fsp3) is 0.643. The van der Waals surface area contributed by atoms with Crippen LogP contribution in [0.25, 0.3) is 0 Å². The Morgan fingerprint density at radius 3 is 3.06 bits per heavy atom. The van der Waals surface area contributed by atoms with Crippen molar-refractivity contribution in [3.05, 3.63) is 21.4 Å². The molecule has 0 aromatic carbocycles. The highest BCUT2D eigenvalue weighted by molar-refractivity contribution is 7.14. The summed E-state index contributed by atoms with van der Waals surface area (Å²) in [5, 5.41) is 0. The molecule has 1 aromatic rings. The summed E-state index contributed by atoms with van der Waals surface area (Å²) in [5.74, 6) is 0.857. The molecule has 1 aromatic heterocycles. The minimum absolute atomic E-state index is 0.0931. The van der Waals surface area contributed by atoms with Crippen molar-refractivity contribution in [2.24, 2.45) is 11.7 Å². The minimum Gasteiger partial charge on any atom is -0.337 e. The molecule has 1 aliphatic rings. The van der Waals surface area contributed by atoms with Gasteiger partial charge in [-0.1, -0.05) is 6.92 Å². The van der Waals surface area contributed by atoms with Gasteiger partial charge in [0, 0.05) is 24.5 Å². The predicted octanol–water partition coefficient (Wildman–Crippen LogP) is 2.29. The molecule has 18 heavy (non-hydrogen) atoms. The molecule has 3 nitrogen and oxygen atoms in total. The van der Waals surface area contributed by atoms with E-state index in [0.717, 1.165) is 23.6 Å². The monoisotopic (exact) mass is 266 g/mol. The van der Waals surface area contributed by atoms with E-state index >= 15 is 0 Å². The zero-order valence-corrected chi connectivity index (χ0v) is 12.2. The molecule has 2 atom stereocenters. The number of thiophene rings is 1. The van der Waals surface area contributed by atoms with Crippen LogP contribution in [-0.2, 0) is 12.8 Å². The highest BCUT2D eigenvalue weighted by atomic mass is 32.1. The normalized spacial score (nSPS) is 20.3. The Hall–Kier alpha value is -0.870. The number of aryl methyl sites for hydroxylation is 1. The van der Waals surface area contributed by atoms with Crippen molar-refractivity contribution in [3.8, 4) is 0 Å². The summed E-state index contributed by atoms with van der Waals surface area (Å²) < 4.78 is 0. The first-order valence-electron chi connectivity index (χ1n) is 6.61. The van der Waals surface area contributed by atoms with Crippen LogP contribution >= 0.6 is 11.3 Å². The molecule has 0 saturated carbocycles. The number of carbonyl (C=O) groups is 1. The molecule has 1 heterocycles. The zero-order valence-electron chi connectivity index (χ0n) is 11.4. The summed E-state index contributed by atoms with van der Waals surface area (Å²) in [6.07, 6.45) is 3.50. The maximum absolute atomic E-state index is 12.3. The summed E-state index contributed by atoms with van der Waals surface area (Å²) in [6.45, 7) is 4.77. The first-order chi connectivity index (χ1) is 8.52. The van der Waals surface area contributed by atoms with E-state index in [2.05, 4.69) is 13.0 Å². The molecule has 0 aliphatic heterocycles. The highest BCUT2D eigenvalue weighted by Gasteiger charge is 2.23. The summed E-state index contributed by atoms with van der Waals surface area (Å²) in [5.41, 5.74) is 7.00. The van der Waals surface area contributed by atoms with Crippen molar-refractivity contribution in [1.82, 2.24) is 4.90 Å². The van der Waals surface area contributed by atoms with Gasteiger partial charge >= 0.3 is 0 Å². The summed E-state index contributed by atoms with van der Waals surface area (Å²) in [7, 11) is 1.83. The number of hydrogen-bond donors (Lipinski definition) is 1. The van der Waals surface area contributed by atoms with Gasteiger partial charge in [-0.3, -0.25) is 4.79 Å². The van der Waals surface area contributed by atoms with E-state index in [0.29, 0.717) is 6.54 Å². The van der Waals surface area contributed by atoms with Crippen LogP contribution < -0.4 is 5.73 Å². The van der Waals surface area contributed by atoms with Gasteiger partial charge in [0.25, 0.3) is 5.91 Å². The number of nitrogens with zero attached hydrogens (tertiary/aromatic N) is 1. The van der Waals surface area contributed by atoms with Crippen molar-refractivity contribution in [2.45, 2.75) is 39.2 Å². The minimum atomic E-state index is 0.0931. The van der Waals surface area contributed by atoms with Gasteiger partial charge in [-0.15, -0.1) is 11.3 Å². The van der Waals surface area contributed by atoms with Crippen LogP contribution in [0.5, 0.6) is 0 Å². The van der Waals surface area contributed by atoms with Crippen molar-refractivity contribution >= 4 is 17.2 Å². The van der Waals surface area contributed by atoms with Gasteiger partial charge in [-0.25, -0.2) is 0 Å². The number of hydrogen-bond acceptors (Lipinski definition) is 3. The molecule has 100 valence electrons. The van der Waals surface area contributed by atoms with Gasteiger partial charge in [0.2, 0.25) is 0 Å². The molecule has 4 heteroatoms. The molecule has 2 unspecified atom stereocenters. The lowest BCUT2D eigenvalue weighted by Crippen LogP contribution is -2.39. The summed E-state index contributed by atoms with van der Waals surface area (Å²) >= 11 is 1.67. The van der Waals surface area contributed by atoms with E-state index in [1.54, 1.807) is 16.2 Å². The van der Waals surface area contributed by atoms with Crippen LogP contribution in [0.1, 0.15) is 40.4 Å². The molecule has 0 saturated heterocycles. The Balaban J connectivity index is 2.17. The topological polar surface area (TPSA) is 46.3 Å². The van der Waals surface area contributed by atoms with E-state index in [-0.39, 0.29) is 11.9 Å². The summed E-state index contributed by atoms with van der Waals surface area (Å²) in [4.78, 5) is 16.4. The van der Waals surface area contributed by atoms with Crippen LogP contribution in [0.2, 0.25) is 0 Å². The largest absolute Gasteiger partial charge is 0.337 e. The highest BCUT2D eigenvalue weighted by Crippen LogP contribution is 2.32. The maximum Gasteiger partial charge on any atom is 0.263 e. The van der Waals surface area contributed by atoms with Crippen molar-refractivity contribution in [2.75, 3.05) is 13.6 Å². The second-order valence-corrected chi connectivity index (χ2v) is 6.54. The fourth-order valence-corrected chi connectivity index (χ4v) is 3.53. The van der Waals surface area contributed by atoms with E-state index in [4.69, 9.17) is 5.73 Å².